The maximum Gasteiger partial charge on any atom is 0.271 e. The maximum atomic E-state index is 12.2. The third-order valence-electron chi connectivity index (χ3n) is 4.06. The zero-order chi connectivity index (χ0) is 21.6. The SMILES string of the molecule is CCCNS(=O)(=O)c1ccc(OCC(=O)Nc2cc([N+](=O)[O-])ccc2C)c(C)c1. The number of non-ortho nitro benzene ring substituents is 1. The van der Waals surface area contributed by atoms with Gasteiger partial charge in [0, 0.05) is 18.7 Å². The third-order valence-corrected chi connectivity index (χ3v) is 5.52. The molecule has 156 valence electrons. The van der Waals surface area contributed by atoms with Crippen LogP contribution in [0, 0.1) is 24.0 Å². The number of hydrogen-bond acceptors (Lipinski definition) is 6. The lowest BCUT2D eigenvalue weighted by Crippen LogP contribution is -2.24. The van der Waals surface area contributed by atoms with E-state index in [0.717, 1.165) is 0 Å². The Morgan fingerprint density at radius 1 is 1.14 bits per heavy atom. The standard InChI is InChI=1S/C19H23N3O6S/c1-4-9-20-29(26,27)16-7-8-18(14(3)10-16)28-12-19(23)21-17-11-15(22(24)25)6-5-13(17)2/h5-8,10-11,20H,4,9,12H2,1-3H3,(H,21,23). The van der Waals surface area contributed by atoms with E-state index in [1.807, 2.05) is 6.92 Å². The molecule has 0 saturated carbocycles. The second-order valence-corrected chi connectivity index (χ2v) is 8.19. The number of nitro groups is 1. The average Bonchev–Trinajstić information content (AvgIpc) is 2.67. The molecule has 0 aliphatic carbocycles. The van der Waals surface area contributed by atoms with Gasteiger partial charge in [-0.05, 0) is 49.6 Å². The summed E-state index contributed by atoms with van der Waals surface area (Å²) in [5.41, 5.74) is 1.43. The number of carbonyl (C=O) groups excluding carboxylic acids is 1. The number of nitrogens with one attached hydrogen (secondary N) is 2. The second-order valence-electron chi connectivity index (χ2n) is 6.42. The van der Waals surface area contributed by atoms with Gasteiger partial charge in [-0.3, -0.25) is 14.9 Å². The van der Waals surface area contributed by atoms with Gasteiger partial charge in [0.2, 0.25) is 10.0 Å². The van der Waals surface area contributed by atoms with Gasteiger partial charge in [0.25, 0.3) is 11.6 Å². The second kappa shape index (κ2) is 9.48. The molecule has 0 unspecified atom stereocenters. The minimum atomic E-state index is -3.59. The first kappa shape index (κ1) is 22.3. The van der Waals surface area contributed by atoms with Crippen LogP contribution < -0.4 is 14.8 Å². The smallest absolute Gasteiger partial charge is 0.271 e. The maximum absolute atomic E-state index is 12.2. The van der Waals surface area contributed by atoms with Crippen LogP contribution in [0.1, 0.15) is 24.5 Å². The molecule has 0 radical (unpaired) electrons. The van der Waals surface area contributed by atoms with Crippen LogP contribution in [0.15, 0.2) is 41.3 Å². The van der Waals surface area contributed by atoms with Crippen molar-refractivity contribution in [2.24, 2.45) is 0 Å². The minimum Gasteiger partial charge on any atom is -0.483 e. The number of aryl methyl sites for hydroxylation is 2. The van der Waals surface area contributed by atoms with Crippen molar-refractivity contribution in [1.82, 2.24) is 4.72 Å². The van der Waals surface area contributed by atoms with Gasteiger partial charge in [0.05, 0.1) is 15.5 Å². The fourth-order valence-electron chi connectivity index (χ4n) is 2.46. The number of nitro benzene ring substituents is 1. The van der Waals surface area contributed by atoms with Crippen molar-refractivity contribution in [3.05, 3.63) is 57.6 Å². The molecule has 10 heteroatoms. The molecule has 0 aliphatic rings. The van der Waals surface area contributed by atoms with E-state index in [9.17, 15) is 23.3 Å². The highest BCUT2D eigenvalue weighted by molar-refractivity contribution is 7.89. The molecule has 2 aromatic carbocycles. The Bertz CT molecular complexity index is 1020. The van der Waals surface area contributed by atoms with Crippen LogP contribution >= 0.6 is 0 Å². The van der Waals surface area contributed by atoms with Crippen LogP contribution in [-0.2, 0) is 14.8 Å². The van der Waals surface area contributed by atoms with E-state index in [4.69, 9.17) is 4.74 Å². The van der Waals surface area contributed by atoms with E-state index in [1.165, 1.54) is 30.3 Å². The van der Waals surface area contributed by atoms with Gasteiger partial charge in [-0.15, -0.1) is 0 Å². The number of ether oxygens (including phenoxy) is 1. The van der Waals surface area contributed by atoms with Crippen LogP contribution in [0.2, 0.25) is 0 Å². The van der Waals surface area contributed by atoms with Gasteiger partial charge in [0.15, 0.2) is 6.61 Å². The van der Waals surface area contributed by atoms with Gasteiger partial charge in [-0.25, -0.2) is 13.1 Å². The van der Waals surface area contributed by atoms with Crippen LogP contribution in [0.25, 0.3) is 0 Å². The summed E-state index contributed by atoms with van der Waals surface area (Å²) in [7, 11) is -3.59. The van der Waals surface area contributed by atoms with Gasteiger partial charge in [0.1, 0.15) is 5.75 Å². The number of benzene rings is 2. The molecular formula is C19H23N3O6S. The van der Waals surface area contributed by atoms with Crippen LogP contribution in [0.3, 0.4) is 0 Å². The Kier molecular flexibility index (Phi) is 7.29. The minimum absolute atomic E-state index is 0.118. The summed E-state index contributed by atoms with van der Waals surface area (Å²) in [6.45, 7) is 5.28. The highest BCUT2D eigenvalue weighted by Gasteiger charge is 2.16. The normalized spacial score (nSPS) is 11.1. The topological polar surface area (TPSA) is 128 Å². The van der Waals surface area contributed by atoms with Gasteiger partial charge in [-0.1, -0.05) is 13.0 Å². The van der Waals surface area contributed by atoms with Crippen molar-refractivity contribution in [2.75, 3.05) is 18.5 Å². The summed E-state index contributed by atoms with van der Waals surface area (Å²) in [6, 6.07) is 8.54. The van der Waals surface area contributed by atoms with Crippen molar-refractivity contribution < 1.29 is 22.9 Å². The number of sulfonamides is 1. The molecule has 0 spiro atoms. The Morgan fingerprint density at radius 3 is 2.48 bits per heavy atom. The molecule has 29 heavy (non-hydrogen) atoms. The highest BCUT2D eigenvalue weighted by atomic mass is 32.2. The highest BCUT2D eigenvalue weighted by Crippen LogP contribution is 2.23. The van der Waals surface area contributed by atoms with Crippen molar-refractivity contribution in [3.63, 3.8) is 0 Å². The third kappa shape index (κ3) is 6.00. The molecule has 0 heterocycles. The lowest BCUT2D eigenvalue weighted by molar-refractivity contribution is -0.384. The lowest BCUT2D eigenvalue weighted by atomic mass is 10.2. The fraction of sp³-hybridized carbons (Fsp3) is 0.316. The lowest BCUT2D eigenvalue weighted by Gasteiger charge is -2.12. The molecule has 1 amide bonds. The first-order valence-corrected chi connectivity index (χ1v) is 10.4. The van der Waals surface area contributed by atoms with Gasteiger partial charge < -0.3 is 10.1 Å². The molecule has 0 aliphatic heterocycles. The molecule has 0 saturated heterocycles. The number of amides is 1. The van der Waals surface area contributed by atoms with E-state index in [1.54, 1.807) is 19.9 Å². The first-order chi connectivity index (χ1) is 13.6. The monoisotopic (exact) mass is 421 g/mol. The quantitative estimate of drug-likeness (QED) is 0.473. The summed E-state index contributed by atoms with van der Waals surface area (Å²) < 4.78 is 32.3. The molecular weight excluding hydrogens is 398 g/mol. The summed E-state index contributed by atoms with van der Waals surface area (Å²) >= 11 is 0. The summed E-state index contributed by atoms with van der Waals surface area (Å²) in [4.78, 5) is 22.6. The average molecular weight is 421 g/mol. The Balaban J connectivity index is 2.04. The zero-order valence-corrected chi connectivity index (χ0v) is 17.2. The first-order valence-electron chi connectivity index (χ1n) is 8.92. The Labute approximate surface area is 169 Å². The van der Waals surface area contributed by atoms with E-state index >= 15 is 0 Å². The summed E-state index contributed by atoms with van der Waals surface area (Å²) in [6.07, 6.45) is 0.679. The molecule has 2 rings (SSSR count). The molecule has 0 atom stereocenters. The predicted octanol–water partition coefficient (Wildman–Crippen LogP) is 2.92. The largest absolute Gasteiger partial charge is 0.483 e. The predicted molar refractivity (Wildman–Crippen MR) is 109 cm³/mol. The van der Waals surface area contributed by atoms with E-state index in [2.05, 4.69) is 10.0 Å². The van der Waals surface area contributed by atoms with Gasteiger partial charge >= 0.3 is 0 Å². The molecule has 0 aromatic heterocycles. The van der Waals surface area contributed by atoms with Crippen LogP contribution in [0.5, 0.6) is 5.75 Å². The number of anilines is 1. The molecule has 0 bridgehead atoms. The molecule has 0 fully saturated rings. The van der Waals surface area contributed by atoms with Crippen molar-refractivity contribution in [2.45, 2.75) is 32.1 Å². The number of nitrogens with zero attached hydrogens (tertiary/aromatic N) is 1. The Morgan fingerprint density at radius 2 is 1.86 bits per heavy atom. The fourth-order valence-corrected chi connectivity index (χ4v) is 3.68. The summed E-state index contributed by atoms with van der Waals surface area (Å²) in [5.74, 6) is -0.125. The van der Waals surface area contributed by atoms with Crippen LogP contribution in [0.4, 0.5) is 11.4 Å². The van der Waals surface area contributed by atoms with Crippen LogP contribution in [-0.4, -0.2) is 32.4 Å². The van der Waals surface area contributed by atoms with E-state index < -0.39 is 20.9 Å². The number of rotatable bonds is 9. The van der Waals surface area contributed by atoms with Gasteiger partial charge in [-0.2, -0.15) is 0 Å². The number of hydrogen-bond donors (Lipinski definition) is 2. The van der Waals surface area contributed by atoms with E-state index in [0.29, 0.717) is 35.5 Å². The molecule has 2 N–H and O–H groups in total. The zero-order valence-electron chi connectivity index (χ0n) is 16.4. The van der Waals surface area contributed by atoms with Crippen molar-refractivity contribution in [3.8, 4) is 5.75 Å². The van der Waals surface area contributed by atoms with E-state index in [-0.39, 0.29) is 17.2 Å². The molecule has 2 aromatic rings. The van der Waals surface area contributed by atoms with Crippen molar-refractivity contribution in [1.29, 1.82) is 0 Å². The summed E-state index contributed by atoms with van der Waals surface area (Å²) in [5, 5.41) is 13.5. The molecule has 9 nitrogen and oxygen atoms in total. The Hall–Kier alpha value is -2.98. The van der Waals surface area contributed by atoms with Crippen molar-refractivity contribution >= 4 is 27.3 Å². The number of carbonyl (C=O) groups is 1.